The number of rotatable bonds is 4. The van der Waals surface area contributed by atoms with Crippen LogP contribution in [0.15, 0.2) is 33.9 Å². The molecule has 0 amide bonds. The van der Waals surface area contributed by atoms with E-state index in [4.69, 9.17) is 4.74 Å². The molecule has 1 atom stereocenters. The van der Waals surface area contributed by atoms with E-state index in [9.17, 15) is 9.59 Å². The van der Waals surface area contributed by atoms with Gasteiger partial charge in [0.1, 0.15) is 12.2 Å². The molecular formula is C21H26N4O3. The van der Waals surface area contributed by atoms with E-state index in [0.29, 0.717) is 31.4 Å². The van der Waals surface area contributed by atoms with Gasteiger partial charge < -0.3 is 4.74 Å². The number of hydrogen-bond acceptors (Lipinski definition) is 5. The maximum atomic E-state index is 12.7. The molecule has 3 aliphatic rings. The number of likely N-dealkylation sites (tertiary alicyclic amines) is 1. The molecule has 28 heavy (non-hydrogen) atoms. The molecule has 1 unspecified atom stereocenters. The third-order valence-electron chi connectivity index (χ3n) is 6.18. The van der Waals surface area contributed by atoms with E-state index in [1.165, 1.54) is 15.8 Å². The second-order valence-electron chi connectivity index (χ2n) is 8.66. The number of aryl methyl sites for hydroxylation is 1. The molecule has 1 aliphatic carbocycles. The quantitative estimate of drug-likeness (QED) is 0.746. The maximum Gasteiger partial charge on any atom is 0.332 e. The molecule has 2 aliphatic heterocycles. The Hall–Kier alpha value is -2.25. The van der Waals surface area contributed by atoms with Crippen LogP contribution in [0.25, 0.3) is 0 Å². The molecule has 0 N–H and O–H groups in total. The Labute approximate surface area is 163 Å². The number of nitrogens with zero attached hydrogens (tertiary/aromatic N) is 4. The normalized spacial score (nSPS) is 24.6. The van der Waals surface area contributed by atoms with Crippen molar-refractivity contribution in [1.29, 1.82) is 0 Å². The molecule has 1 saturated heterocycles. The summed E-state index contributed by atoms with van der Waals surface area (Å²) in [5.74, 6) is 1.07. The van der Waals surface area contributed by atoms with Gasteiger partial charge in [0.25, 0.3) is 0 Å². The molecule has 3 heterocycles. The summed E-state index contributed by atoms with van der Waals surface area (Å²) in [5, 5.41) is 4.43. The Bertz CT molecular complexity index is 1020. The molecule has 148 valence electrons. The summed E-state index contributed by atoms with van der Waals surface area (Å²) in [7, 11) is 0. The van der Waals surface area contributed by atoms with Crippen molar-refractivity contribution in [1.82, 2.24) is 19.2 Å². The predicted molar refractivity (Wildman–Crippen MR) is 104 cm³/mol. The van der Waals surface area contributed by atoms with Crippen LogP contribution in [0, 0.1) is 12.8 Å². The standard InChI is InChI=1S/C21H26N4O3/c1-15-3-2-4-17(9-15)10-23-8-7-21(13-23)14-24-18(12-28-21)22-25(11-16-5-6-16)20(27)19(24)26/h2-4,9,16H,5-8,10-14H2,1H3. The van der Waals surface area contributed by atoms with E-state index in [2.05, 4.69) is 41.2 Å². The molecule has 1 aromatic carbocycles. The van der Waals surface area contributed by atoms with E-state index in [1.807, 2.05) is 0 Å². The van der Waals surface area contributed by atoms with Gasteiger partial charge in [-0.15, -0.1) is 0 Å². The van der Waals surface area contributed by atoms with Crippen LogP contribution < -0.4 is 11.1 Å². The fourth-order valence-electron chi connectivity index (χ4n) is 4.45. The highest BCUT2D eigenvalue weighted by atomic mass is 16.5. The average Bonchev–Trinajstić information content (AvgIpc) is 3.41. The van der Waals surface area contributed by atoms with Crippen molar-refractivity contribution in [3.63, 3.8) is 0 Å². The lowest BCUT2D eigenvalue weighted by Crippen LogP contribution is -2.53. The zero-order valence-corrected chi connectivity index (χ0v) is 16.3. The van der Waals surface area contributed by atoms with Crippen LogP contribution in [0.5, 0.6) is 0 Å². The first-order chi connectivity index (χ1) is 13.5. The summed E-state index contributed by atoms with van der Waals surface area (Å²) in [4.78, 5) is 27.5. The first kappa shape index (κ1) is 17.8. The lowest BCUT2D eigenvalue weighted by atomic mass is 10.0. The van der Waals surface area contributed by atoms with Crippen molar-refractivity contribution in [2.75, 3.05) is 13.1 Å². The zero-order chi connectivity index (χ0) is 19.3. The number of hydrogen-bond donors (Lipinski definition) is 0. The topological polar surface area (TPSA) is 69.4 Å². The molecule has 0 radical (unpaired) electrons. The van der Waals surface area contributed by atoms with Crippen LogP contribution in [0.2, 0.25) is 0 Å². The minimum Gasteiger partial charge on any atom is -0.364 e. The molecule has 7 nitrogen and oxygen atoms in total. The van der Waals surface area contributed by atoms with Crippen LogP contribution in [0.4, 0.5) is 0 Å². The van der Waals surface area contributed by atoms with Gasteiger partial charge in [-0.25, -0.2) is 4.68 Å². The van der Waals surface area contributed by atoms with Gasteiger partial charge in [0.2, 0.25) is 0 Å². The number of aromatic nitrogens is 3. The van der Waals surface area contributed by atoms with Crippen LogP contribution in [0.3, 0.4) is 0 Å². The monoisotopic (exact) mass is 382 g/mol. The Kier molecular flexibility index (Phi) is 4.25. The van der Waals surface area contributed by atoms with Crippen LogP contribution in [-0.2, 0) is 31.0 Å². The summed E-state index contributed by atoms with van der Waals surface area (Å²) in [6.45, 7) is 5.91. The van der Waals surface area contributed by atoms with Crippen LogP contribution >= 0.6 is 0 Å². The molecule has 1 aromatic heterocycles. The summed E-state index contributed by atoms with van der Waals surface area (Å²) in [6.07, 6.45) is 3.09. The van der Waals surface area contributed by atoms with E-state index in [1.54, 1.807) is 4.57 Å². The lowest BCUT2D eigenvalue weighted by molar-refractivity contribution is -0.0859. The average molecular weight is 382 g/mol. The van der Waals surface area contributed by atoms with E-state index < -0.39 is 16.7 Å². The molecule has 1 saturated carbocycles. The molecule has 0 bridgehead atoms. The van der Waals surface area contributed by atoms with Crippen molar-refractivity contribution in [3.8, 4) is 0 Å². The molecule has 2 fully saturated rings. The highest BCUT2D eigenvalue weighted by Gasteiger charge is 2.43. The van der Waals surface area contributed by atoms with Gasteiger partial charge in [0.05, 0.1) is 6.54 Å². The largest absolute Gasteiger partial charge is 0.364 e. The summed E-state index contributed by atoms with van der Waals surface area (Å²) < 4.78 is 9.15. The minimum absolute atomic E-state index is 0.290. The molecule has 5 rings (SSSR count). The Morgan fingerprint density at radius 2 is 2.07 bits per heavy atom. The van der Waals surface area contributed by atoms with Gasteiger partial charge in [-0.1, -0.05) is 29.8 Å². The first-order valence-electron chi connectivity index (χ1n) is 10.1. The maximum absolute atomic E-state index is 12.7. The van der Waals surface area contributed by atoms with Gasteiger partial charge >= 0.3 is 11.1 Å². The van der Waals surface area contributed by atoms with Crippen molar-refractivity contribution in [2.24, 2.45) is 5.92 Å². The number of fused-ring (bicyclic) bond motifs is 1. The van der Waals surface area contributed by atoms with E-state index >= 15 is 0 Å². The Morgan fingerprint density at radius 3 is 2.86 bits per heavy atom. The highest BCUT2D eigenvalue weighted by molar-refractivity contribution is 5.22. The fourth-order valence-corrected chi connectivity index (χ4v) is 4.45. The first-order valence-corrected chi connectivity index (χ1v) is 10.1. The minimum atomic E-state index is -0.498. The summed E-state index contributed by atoms with van der Waals surface area (Å²) in [5.41, 5.74) is 1.19. The highest BCUT2D eigenvalue weighted by Crippen LogP contribution is 2.32. The van der Waals surface area contributed by atoms with Gasteiger partial charge in [-0.05, 0) is 37.7 Å². The SMILES string of the molecule is Cc1cccc(CN2CCC3(C2)Cn2c(nn(CC4CC4)c(=O)c2=O)CO3)c1. The molecular weight excluding hydrogens is 356 g/mol. The third-order valence-corrected chi connectivity index (χ3v) is 6.18. The Morgan fingerprint density at radius 1 is 1.21 bits per heavy atom. The third kappa shape index (κ3) is 3.33. The van der Waals surface area contributed by atoms with Crippen molar-refractivity contribution < 1.29 is 4.74 Å². The number of ether oxygens (including phenoxy) is 1. The predicted octanol–water partition coefficient (Wildman–Crippen LogP) is 1.30. The van der Waals surface area contributed by atoms with Crippen LogP contribution in [0.1, 0.15) is 36.2 Å². The van der Waals surface area contributed by atoms with Crippen LogP contribution in [-0.4, -0.2) is 37.9 Å². The van der Waals surface area contributed by atoms with Gasteiger partial charge in [0, 0.05) is 26.2 Å². The van der Waals surface area contributed by atoms with Gasteiger partial charge in [0.15, 0.2) is 5.82 Å². The Balaban J connectivity index is 1.35. The van der Waals surface area contributed by atoms with E-state index in [0.717, 1.165) is 38.9 Å². The van der Waals surface area contributed by atoms with Crippen molar-refractivity contribution in [3.05, 3.63) is 61.9 Å². The fraction of sp³-hybridized carbons (Fsp3) is 0.571. The van der Waals surface area contributed by atoms with E-state index in [-0.39, 0.29) is 0 Å². The number of benzene rings is 1. The summed E-state index contributed by atoms with van der Waals surface area (Å²) >= 11 is 0. The lowest BCUT2D eigenvalue weighted by Gasteiger charge is -2.35. The summed E-state index contributed by atoms with van der Waals surface area (Å²) in [6, 6.07) is 8.54. The second-order valence-corrected chi connectivity index (χ2v) is 8.66. The van der Waals surface area contributed by atoms with Crippen molar-refractivity contribution in [2.45, 2.75) is 58.0 Å². The van der Waals surface area contributed by atoms with Gasteiger partial charge in [-0.2, -0.15) is 5.10 Å². The van der Waals surface area contributed by atoms with Crippen molar-refractivity contribution >= 4 is 0 Å². The molecule has 1 spiro atoms. The zero-order valence-electron chi connectivity index (χ0n) is 16.3. The van der Waals surface area contributed by atoms with Gasteiger partial charge in [-0.3, -0.25) is 19.1 Å². The molecule has 2 aromatic rings. The smallest absolute Gasteiger partial charge is 0.332 e. The molecule has 7 heteroatoms. The second kappa shape index (κ2) is 6.67.